The second-order valence-electron chi connectivity index (χ2n) is 4.88. The zero-order valence-corrected chi connectivity index (χ0v) is 11.0. The van der Waals surface area contributed by atoms with Crippen LogP contribution in [0.3, 0.4) is 0 Å². The quantitative estimate of drug-likeness (QED) is 0.821. The molecule has 1 aromatic rings. The van der Waals surface area contributed by atoms with Gasteiger partial charge in [0.25, 0.3) is 0 Å². The summed E-state index contributed by atoms with van der Waals surface area (Å²) in [6.07, 6.45) is 7.43. The lowest BCUT2D eigenvalue weighted by Gasteiger charge is -2.25. The van der Waals surface area contributed by atoms with Gasteiger partial charge in [-0.05, 0) is 32.1 Å². The molecule has 4 nitrogen and oxygen atoms in total. The fourth-order valence-electron chi connectivity index (χ4n) is 1.97. The molecule has 17 heavy (non-hydrogen) atoms. The van der Waals surface area contributed by atoms with Crippen LogP contribution in [-0.2, 0) is 0 Å². The molecule has 1 aromatic heterocycles. The third-order valence-corrected chi connectivity index (χ3v) is 3.45. The zero-order valence-electron chi connectivity index (χ0n) is 11.0. The number of nitrogens with one attached hydrogen (secondary N) is 1. The Balaban J connectivity index is 2.03. The van der Waals surface area contributed by atoms with E-state index in [2.05, 4.69) is 41.1 Å². The molecule has 1 saturated carbocycles. The van der Waals surface area contributed by atoms with Crippen LogP contribution in [0.5, 0.6) is 0 Å². The summed E-state index contributed by atoms with van der Waals surface area (Å²) in [6, 6.07) is 0.561. The standard InChI is InChI=1S/C13H22N4/c1-4-7-15-12-8-14-9-13(16-12)17(3)10(2)11-5-6-11/h8-11H,4-7H2,1-3H3,(H,15,16). The van der Waals surface area contributed by atoms with Crippen LogP contribution < -0.4 is 10.2 Å². The predicted molar refractivity (Wildman–Crippen MR) is 71.4 cm³/mol. The molecule has 1 atom stereocenters. The molecule has 0 radical (unpaired) electrons. The first-order valence-electron chi connectivity index (χ1n) is 6.51. The van der Waals surface area contributed by atoms with Gasteiger partial charge in [0.15, 0.2) is 0 Å². The van der Waals surface area contributed by atoms with Crippen molar-refractivity contribution in [3.63, 3.8) is 0 Å². The number of nitrogens with zero attached hydrogens (tertiary/aromatic N) is 3. The van der Waals surface area contributed by atoms with Gasteiger partial charge in [0.2, 0.25) is 0 Å². The molecule has 0 aliphatic heterocycles. The average molecular weight is 234 g/mol. The second kappa shape index (κ2) is 5.34. The van der Waals surface area contributed by atoms with Crippen LogP contribution in [-0.4, -0.2) is 29.6 Å². The van der Waals surface area contributed by atoms with Crippen molar-refractivity contribution in [2.45, 2.75) is 39.2 Å². The van der Waals surface area contributed by atoms with Crippen molar-refractivity contribution < 1.29 is 0 Å². The Bertz CT molecular complexity index is 362. The fourth-order valence-corrected chi connectivity index (χ4v) is 1.97. The summed E-state index contributed by atoms with van der Waals surface area (Å²) in [5.74, 6) is 2.68. The van der Waals surface area contributed by atoms with Crippen molar-refractivity contribution in [1.82, 2.24) is 9.97 Å². The molecule has 1 heterocycles. The van der Waals surface area contributed by atoms with E-state index in [1.807, 2.05) is 6.20 Å². The third kappa shape index (κ3) is 3.08. The monoisotopic (exact) mass is 234 g/mol. The molecule has 1 aliphatic carbocycles. The Labute approximate surface area is 103 Å². The minimum absolute atomic E-state index is 0.561. The maximum absolute atomic E-state index is 4.59. The van der Waals surface area contributed by atoms with Gasteiger partial charge >= 0.3 is 0 Å². The lowest BCUT2D eigenvalue weighted by atomic mass is 10.2. The highest BCUT2D eigenvalue weighted by Crippen LogP contribution is 2.35. The fraction of sp³-hybridized carbons (Fsp3) is 0.692. The minimum atomic E-state index is 0.561. The number of hydrogen-bond donors (Lipinski definition) is 1. The molecule has 0 aromatic carbocycles. The van der Waals surface area contributed by atoms with E-state index in [9.17, 15) is 0 Å². The SMILES string of the molecule is CCCNc1cncc(N(C)C(C)C2CC2)n1. The second-order valence-corrected chi connectivity index (χ2v) is 4.88. The summed E-state index contributed by atoms with van der Waals surface area (Å²) in [4.78, 5) is 11.1. The molecule has 1 unspecified atom stereocenters. The molecular weight excluding hydrogens is 212 g/mol. The predicted octanol–water partition coefficient (Wildman–Crippen LogP) is 2.53. The van der Waals surface area contributed by atoms with E-state index < -0.39 is 0 Å². The van der Waals surface area contributed by atoms with E-state index in [0.29, 0.717) is 6.04 Å². The number of hydrogen-bond acceptors (Lipinski definition) is 4. The van der Waals surface area contributed by atoms with Gasteiger partial charge in [-0.15, -0.1) is 0 Å². The van der Waals surface area contributed by atoms with Crippen molar-refractivity contribution in [2.24, 2.45) is 5.92 Å². The van der Waals surface area contributed by atoms with Crippen LogP contribution in [0.15, 0.2) is 12.4 Å². The average Bonchev–Trinajstić information content (AvgIpc) is 3.19. The summed E-state index contributed by atoms with van der Waals surface area (Å²) in [5.41, 5.74) is 0. The lowest BCUT2D eigenvalue weighted by Crippen LogP contribution is -2.31. The molecule has 4 heteroatoms. The molecular formula is C13H22N4. The number of anilines is 2. The maximum Gasteiger partial charge on any atom is 0.149 e. The van der Waals surface area contributed by atoms with E-state index in [0.717, 1.165) is 30.5 Å². The first kappa shape index (κ1) is 12.1. The zero-order chi connectivity index (χ0) is 12.3. The van der Waals surface area contributed by atoms with Gasteiger partial charge in [-0.3, -0.25) is 4.98 Å². The maximum atomic E-state index is 4.59. The molecule has 0 bridgehead atoms. The van der Waals surface area contributed by atoms with E-state index in [1.165, 1.54) is 12.8 Å². The molecule has 0 saturated heterocycles. The molecule has 0 spiro atoms. The smallest absolute Gasteiger partial charge is 0.149 e. The Morgan fingerprint density at radius 3 is 2.88 bits per heavy atom. The first-order chi connectivity index (χ1) is 8.22. The van der Waals surface area contributed by atoms with E-state index in [1.54, 1.807) is 6.20 Å². The van der Waals surface area contributed by atoms with Crippen LogP contribution in [0, 0.1) is 5.92 Å². The normalized spacial score (nSPS) is 16.6. The summed E-state index contributed by atoms with van der Waals surface area (Å²) in [6.45, 7) is 5.36. The Kier molecular flexibility index (Phi) is 3.82. The third-order valence-electron chi connectivity index (χ3n) is 3.45. The van der Waals surface area contributed by atoms with Gasteiger partial charge in [0.1, 0.15) is 11.6 Å². The topological polar surface area (TPSA) is 41.1 Å². The van der Waals surface area contributed by atoms with Crippen LogP contribution in [0.2, 0.25) is 0 Å². The Morgan fingerprint density at radius 1 is 1.47 bits per heavy atom. The highest BCUT2D eigenvalue weighted by Gasteiger charge is 2.31. The summed E-state index contributed by atoms with van der Waals surface area (Å²) in [7, 11) is 2.11. The van der Waals surface area contributed by atoms with Crippen LogP contribution in [0.4, 0.5) is 11.6 Å². The van der Waals surface area contributed by atoms with E-state index in [4.69, 9.17) is 0 Å². The van der Waals surface area contributed by atoms with Gasteiger partial charge in [-0.25, -0.2) is 4.98 Å². The molecule has 0 amide bonds. The summed E-state index contributed by atoms with van der Waals surface area (Å²) < 4.78 is 0. The van der Waals surface area contributed by atoms with Crippen LogP contribution in [0.25, 0.3) is 0 Å². The van der Waals surface area contributed by atoms with E-state index in [-0.39, 0.29) is 0 Å². The van der Waals surface area contributed by atoms with Crippen molar-refractivity contribution in [3.8, 4) is 0 Å². The minimum Gasteiger partial charge on any atom is -0.369 e. The van der Waals surface area contributed by atoms with Gasteiger partial charge in [0, 0.05) is 19.6 Å². The number of rotatable bonds is 6. The van der Waals surface area contributed by atoms with E-state index >= 15 is 0 Å². The van der Waals surface area contributed by atoms with Gasteiger partial charge in [-0.2, -0.15) is 0 Å². The van der Waals surface area contributed by atoms with Crippen molar-refractivity contribution in [2.75, 3.05) is 23.8 Å². The Hall–Kier alpha value is -1.32. The van der Waals surface area contributed by atoms with Gasteiger partial charge in [0.05, 0.1) is 12.4 Å². The lowest BCUT2D eigenvalue weighted by molar-refractivity contribution is 0.603. The summed E-state index contributed by atoms with van der Waals surface area (Å²) >= 11 is 0. The Morgan fingerprint density at radius 2 is 2.24 bits per heavy atom. The van der Waals surface area contributed by atoms with Crippen molar-refractivity contribution in [3.05, 3.63) is 12.4 Å². The van der Waals surface area contributed by atoms with Gasteiger partial charge in [-0.1, -0.05) is 6.92 Å². The highest BCUT2D eigenvalue weighted by atomic mass is 15.2. The van der Waals surface area contributed by atoms with Crippen molar-refractivity contribution >= 4 is 11.6 Å². The highest BCUT2D eigenvalue weighted by molar-refractivity contribution is 5.44. The number of aromatic nitrogens is 2. The molecule has 2 rings (SSSR count). The molecule has 1 fully saturated rings. The first-order valence-corrected chi connectivity index (χ1v) is 6.51. The van der Waals surface area contributed by atoms with Crippen LogP contribution in [0.1, 0.15) is 33.1 Å². The molecule has 94 valence electrons. The summed E-state index contributed by atoms with van der Waals surface area (Å²) in [5, 5.41) is 3.27. The molecule has 1 aliphatic rings. The van der Waals surface area contributed by atoms with Crippen molar-refractivity contribution in [1.29, 1.82) is 0 Å². The molecule has 1 N–H and O–H groups in total. The van der Waals surface area contributed by atoms with Crippen LogP contribution >= 0.6 is 0 Å². The van der Waals surface area contributed by atoms with Gasteiger partial charge < -0.3 is 10.2 Å². The largest absolute Gasteiger partial charge is 0.369 e.